The normalized spacial score (nSPS) is 10.1. The average Bonchev–Trinajstić information content (AvgIpc) is 2.58. The number of amides is 2. The molecule has 2 N–H and O–H groups in total. The fourth-order valence-electron chi connectivity index (χ4n) is 1.78. The van der Waals surface area contributed by atoms with Crippen LogP contribution in [0.4, 0.5) is 0 Å². The molecule has 2 rings (SSSR count). The predicted octanol–water partition coefficient (Wildman–Crippen LogP) is 2.97. The number of hydrazine groups is 1. The van der Waals surface area contributed by atoms with E-state index >= 15 is 0 Å². The van der Waals surface area contributed by atoms with Crippen LogP contribution in [0, 0.1) is 6.92 Å². The molecule has 0 unspecified atom stereocenters. The van der Waals surface area contributed by atoms with Crippen LogP contribution in [0.5, 0.6) is 5.75 Å². The Morgan fingerprint density at radius 3 is 2.46 bits per heavy atom. The quantitative estimate of drug-likeness (QED) is 0.611. The van der Waals surface area contributed by atoms with Crippen LogP contribution < -0.4 is 15.6 Å². The summed E-state index contributed by atoms with van der Waals surface area (Å²) in [4.78, 5) is 24.4. The SMILES string of the molecule is Cc1ccccc1SCC(=O)NNC(=O)COc1ccccc1Cl. The number of hydrogen-bond acceptors (Lipinski definition) is 4. The van der Waals surface area contributed by atoms with Crippen LogP contribution in [0.2, 0.25) is 5.02 Å². The average molecular weight is 365 g/mol. The van der Waals surface area contributed by atoms with Gasteiger partial charge in [-0.3, -0.25) is 20.4 Å². The molecule has 2 amide bonds. The van der Waals surface area contributed by atoms with Gasteiger partial charge < -0.3 is 4.74 Å². The molecule has 0 heterocycles. The molecule has 5 nitrogen and oxygen atoms in total. The van der Waals surface area contributed by atoms with Gasteiger partial charge in [-0.2, -0.15) is 0 Å². The highest BCUT2D eigenvalue weighted by Gasteiger charge is 2.08. The summed E-state index contributed by atoms with van der Waals surface area (Å²) in [5, 5.41) is 0.420. The van der Waals surface area contributed by atoms with Crippen LogP contribution in [-0.2, 0) is 9.59 Å². The minimum Gasteiger partial charge on any atom is -0.482 e. The molecule has 24 heavy (non-hydrogen) atoms. The van der Waals surface area contributed by atoms with Crippen molar-refractivity contribution in [1.29, 1.82) is 0 Å². The van der Waals surface area contributed by atoms with E-state index in [1.54, 1.807) is 24.3 Å². The summed E-state index contributed by atoms with van der Waals surface area (Å²) in [6.07, 6.45) is 0. The number of para-hydroxylation sites is 1. The van der Waals surface area contributed by atoms with Crippen molar-refractivity contribution in [2.75, 3.05) is 12.4 Å². The largest absolute Gasteiger partial charge is 0.482 e. The van der Waals surface area contributed by atoms with E-state index in [0.29, 0.717) is 10.8 Å². The Morgan fingerprint density at radius 2 is 1.71 bits per heavy atom. The van der Waals surface area contributed by atoms with E-state index in [1.165, 1.54) is 11.8 Å². The van der Waals surface area contributed by atoms with Crippen molar-refractivity contribution >= 4 is 35.2 Å². The zero-order valence-electron chi connectivity index (χ0n) is 13.0. The topological polar surface area (TPSA) is 67.4 Å². The first-order valence-electron chi connectivity index (χ1n) is 7.19. The minimum absolute atomic E-state index is 0.205. The Morgan fingerprint density at radius 1 is 1.04 bits per heavy atom. The standard InChI is InChI=1S/C17H17ClN2O3S/c1-12-6-2-5-9-15(12)24-11-17(22)20-19-16(21)10-23-14-8-4-3-7-13(14)18/h2-9H,10-11H2,1H3,(H,19,21)(H,20,22). The predicted molar refractivity (Wildman–Crippen MR) is 95.1 cm³/mol. The minimum atomic E-state index is -0.468. The van der Waals surface area contributed by atoms with Crippen molar-refractivity contribution in [2.45, 2.75) is 11.8 Å². The van der Waals surface area contributed by atoms with Gasteiger partial charge in [-0.05, 0) is 30.7 Å². The number of thioether (sulfide) groups is 1. The lowest BCUT2D eigenvalue weighted by Gasteiger charge is -2.10. The van der Waals surface area contributed by atoms with Gasteiger partial charge in [0.1, 0.15) is 5.75 Å². The molecule has 0 fully saturated rings. The van der Waals surface area contributed by atoms with Crippen LogP contribution >= 0.6 is 23.4 Å². The highest BCUT2D eigenvalue weighted by atomic mass is 35.5. The summed E-state index contributed by atoms with van der Waals surface area (Å²) in [6.45, 7) is 1.74. The first kappa shape index (κ1) is 18.2. The van der Waals surface area contributed by atoms with Gasteiger partial charge in [0.15, 0.2) is 6.61 Å². The third-order valence-corrected chi connectivity index (χ3v) is 4.48. The number of hydrogen-bond donors (Lipinski definition) is 2. The fraction of sp³-hybridized carbons (Fsp3) is 0.176. The van der Waals surface area contributed by atoms with Crippen LogP contribution in [0.1, 0.15) is 5.56 Å². The summed E-state index contributed by atoms with van der Waals surface area (Å²) in [6, 6.07) is 14.6. The number of ether oxygens (including phenoxy) is 1. The first-order valence-corrected chi connectivity index (χ1v) is 8.56. The van der Waals surface area contributed by atoms with Crippen molar-refractivity contribution in [3.05, 3.63) is 59.1 Å². The summed E-state index contributed by atoms with van der Waals surface area (Å²) >= 11 is 7.33. The smallest absolute Gasteiger partial charge is 0.276 e. The molecule has 0 spiro atoms. The number of aryl methyl sites for hydroxylation is 1. The number of carbonyl (C=O) groups excluding carboxylic acids is 2. The van der Waals surface area contributed by atoms with Gasteiger partial charge in [0.2, 0.25) is 5.91 Å². The van der Waals surface area contributed by atoms with Gasteiger partial charge in [-0.1, -0.05) is 41.9 Å². The van der Waals surface area contributed by atoms with Crippen molar-refractivity contribution in [3.63, 3.8) is 0 Å². The van der Waals surface area contributed by atoms with E-state index < -0.39 is 5.91 Å². The molecule has 0 aliphatic rings. The second-order valence-corrected chi connectivity index (χ2v) is 6.29. The van der Waals surface area contributed by atoms with Crippen LogP contribution in [-0.4, -0.2) is 24.2 Å². The molecule has 0 bridgehead atoms. The Kier molecular flexibility index (Phi) is 6.96. The van der Waals surface area contributed by atoms with E-state index in [0.717, 1.165) is 10.5 Å². The van der Waals surface area contributed by atoms with Crippen molar-refractivity contribution in [3.8, 4) is 5.75 Å². The number of nitrogens with one attached hydrogen (secondary N) is 2. The van der Waals surface area contributed by atoms with Crippen molar-refractivity contribution < 1.29 is 14.3 Å². The monoisotopic (exact) mass is 364 g/mol. The molecule has 0 radical (unpaired) electrons. The van der Waals surface area contributed by atoms with Gasteiger partial charge in [-0.15, -0.1) is 11.8 Å². The maximum Gasteiger partial charge on any atom is 0.276 e. The van der Waals surface area contributed by atoms with Crippen LogP contribution in [0.15, 0.2) is 53.4 Å². The Bertz CT molecular complexity index is 663. The molecule has 0 saturated carbocycles. The molecular formula is C17H17ClN2O3S. The Labute approximate surface area is 149 Å². The molecule has 0 atom stereocenters. The highest BCUT2D eigenvalue weighted by molar-refractivity contribution is 8.00. The number of carbonyl (C=O) groups is 2. The van der Waals surface area contributed by atoms with Crippen molar-refractivity contribution in [2.24, 2.45) is 0 Å². The van der Waals surface area contributed by atoms with E-state index in [2.05, 4.69) is 10.9 Å². The third-order valence-electron chi connectivity index (χ3n) is 2.99. The zero-order chi connectivity index (χ0) is 17.4. The van der Waals surface area contributed by atoms with E-state index in [4.69, 9.17) is 16.3 Å². The molecule has 7 heteroatoms. The highest BCUT2D eigenvalue weighted by Crippen LogP contribution is 2.23. The van der Waals surface area contributed by atoms with E-state index in [-0.39, 0.29) is 18.3 Å². The fourth-order valence-corrected chi connectivity index (χ4v) is 2.80. The van der Waals surface area contributed by atoms with Gasteiger partial charge in [-0.25, -0.2) is 0 Å². The zero-order valence-corrected chi connectivity index (χ0v) is 14.6. The van der Waals surface area contributed by atoms with Crippen molar-refractivity contribution in [1.82, 2.24) is 10.9 Å². The molecule has 2 aromatic rings. The van der Waals surface area contributed by atoms with Gasteiger partial charge >= 0.3 is 0 Å². The number of rotatable bonds is 6. The lowest BCUT2D eigenvalue weighted by Crippen LogP contribution is -2.44. The first-order chi connectivity index (χ1) is 11.6. The summed E-state index contributed by atoms with van der Waals surface area (Å²) < 4.78 is 5.28. The van der Waals surface area contributed by atoms with Gasteiger partial charge in [0.05, 0.1) is 10.8 Å². The maximum absolute atomic E-state index is 11.8. The summed E-state index contributed by atoms with van der Waals surface area (Å²) in [5.41, 5.74) is 5.76. The van der Waals surface area contributed by atoms with Crippen LogP contribution in [0.3, 0.4) is 0 Å². The Balaban J connectivity index is 1.69. The molecule has 2 aromatic carbocycles. The van der Waals surface area contributed by atoms with E-state index in [1.807, 2.05) is 31.2 Å². The molecule has 0 saturated heterocycles. The maximum atomic E-state index is 11.8. The van der Waals surface area contributed by atoms with Crippen LogP contribution in [0.25, 0.3) is 0 Å². The lowest BCUT2D eigenvalue weighted by atomic mass is 10.2. The number of benzene rings is 2. The van der Waals surface area contributed by atoms with Gasteiger partial charge in [0, 0.05) is 4.90 Å². The lowest BCUT2D eigenvalue weighted by molar-refractivity contribution is -0.128. The molecular weight excluding hydrogens is 348 g/mol. The second kappa shape index (κ2) is 9.20. The van der Waals surface area contributed by atoms with E-state index in [9.17, 15) is 9.59 Å². The number of halogens is 1. The molecule has 0 aliphatic heterocycles. The molecule has 0 aromatic heterocycles. The Hall–Kier alpha value is -2.18. The molecule has 0 aliphatic carbocycles. The summed E-state index contributed by atoms with van der Waals surface area (Å²) in [5.74, 6) is -0.148. The van der Waals surface area contributed by atoms with Gasteiger partial charge in [0.25, 0.3) is 5.91 Å². The summed E-state index contributed by atoms with van der Waals surface area (Å²) in [7, 11) is 0. The molecule has 126 valence electrons. The second-order valence-electron chi connectivity index (χ2n) is 4.87. The third kappa shape index (κ3) is 5.79.